The number of nitrogens with zero attached hydrogens (tertiary/aromatic N) is 2. The number of benzene rings is 1. The smallest absolute Gasteiger partial charge is 0.194 e. The molecule has 0 radical (unpaired) electrons. The second kappa shape index (κ2) is 5.77. The van der Waals surface area contributed by atoms with Crippen molar-refractivity contribution >= 4 is 16.3 Å². The monoisotopic (exact) mass is 325 g/mol. The number of hydrogen-bond donors (Lipinski definition) is 1. The zero-order valence-corrected chi connectivity index (χ0v) is 14.7. The van der Waals surface area contributed by atoms with Gasteiger partial charge in [-0.3, -0.25) is 4.40 Å². The number of nitrogens with two attached hydrogens (primary N) is 1. The first-order valence-electron chi connectivity index (χ1n) is 8.48. The summed E-state index contributed by atoms with van der Waals surface area (Å²) in [5, 5.41) is 0. The molecule has 2 N–H and O–H groups in total. The Morgan fingerprint density at radius 1 is 1.17 bits per heavy atom. The summed E-state index contributed by atoms with van der Waals surface area (Å²) in [7, 11) is 0. The SMILES string of the molecule is Cc1ccc(-c2nc3sc4c(n3c2CCN)CCCC4)cc1C. The zero-order chi connectivity index (χ0) is 16.0. The highest BCUT2D eigenvalue weighted by molar-refractivity contribution is 7.17. The van der Waals surface area contributed by atoms with Gasteiger partial charge in [-0.15, -0.1) is 11.3 Å². The highest BCUT2D eigenvalue weighted by Crippen LogP contribution is 2.35. The maximum Gasteiger partial charge on any atom is 0.194 e. The van der Waals surface area contributed by atoms with Crippen LogP contribution in [0.3, 0.4) is 0 Å². The van der Waals surface area contributed by atoms with Crippen LogP contribution in [0.4, 0.5) is 0 Å². The van der Waals surface area contributed by atoms with Gasteiger partial charge in [0.2, 0.25) is 0 Å². The van der Waals surface area contributed by atoms with Crippen LogP contribution in [0.5, 0.6) is 0 Å². The lowest BCUT2D eigenvalue weighted by Gasteiger charge is -2.13. The summed E-state index contributed by atoms with van der Waals surface area (Å²) in [6.45, 7) is 4.99. The molecule has 4 rings (SSSR count). The maximum atomic E-state index is 5.92. The summed E-state index contributed by atoms with van der Waals surface area (Å²) in [5.74, 6) is 0. The first-order chi connectivity index (χ1) is 11.2. The summed E-state index contributed by atoms with van der Waals surface area (Å²) in [6.07, 6.45) is 5.87. The van der Waals surface area contributed by atoms with E-state index in [4.69, 9.17) is 10.7 Å². The van der Waals surface area contributed by atoms with Crippen LogP contribution in [-0.2, 0) is 19.3 Å². The van der Waals surface area contributed by atoms with Crippen LogP contribution >= 0.6 is 11.3 Å². The molecule has 0 saturated carbocycles. The minimum Gasteiger partial charge on any atom is -0.330 e. The van der Waals surface area contributed by atoms with Gasteiger partial charge in [0, 0.05) is 22.6 Å². The van der Waals surface area contributed by atoms with Crippen molar-refractivity contribution < 1.29 is 0 Å². The highest BCUT2D eigenvalue weighted by Gasteiger charge is 2.22. The van der Waals surface area contributed by atoms with E-state index in [1.807, 2.05) is 11.3 Å². The third kappa shape index (κ3) is 2.41. The molecule has 0 spiro atoms. The Bertz CT molecular complexity index is 872. The van der Waals surface area contributed by atoms with Gasteiger partial charge < -0.3 is 5.73 Å². The van der Waals surface area contributed by atoms with Crippen LogP contribution in [0.15, 0.2) is 18.2 Å². The lowest BCUT2D eigenvalue weighted by molar-refractivity contribution is 0.669. The third-order valence-electron chi connectivity index (χ3n) is 4.98. The Morgan fingerprint density at radius 3 is 2.78 bits per heavy atom. The fourth-order valence-electron chi connectivity index (χ4n) is 3.58. The third-order valence-corrected chi connectivity index (χ3v) is 6.12. The average molecular weight is 325 g/mol. The molecule has 0 bridgehead atoms. The van der Waals surface area contributed by atoms with Crippen LogP contribution in [0, 0.1) is 13.8 Å². The van der Waals surface area contributed by atoms with Gasteiger partial charge in [-0.1, -0.05) is 12.1 Å². The number of aryl methyl sites for hydroxylation is 4. The predicted octanol–water partition coefficient (Wildman–Crippen LogP) is 4.06. The molecule has 1 aromatic carbocycles. The largest absolute Gasteiger partial charge is 0.330 e. The fourth-order valence-corrected chi connectivity index (χ4v) is 4.81. The van der Waals surface area contributed by atoms with Gasteiger partial charge in [0.15, 0.2) is 4.96 Å². The number of fused-ring (bicyclic) bond motifs is 3. The first-order valence-corrected chi connectivity index (χ1v) is 9.30. The Morgan fingerprint density at radius 2 is 2.00 bits per heavy atom. The molecular formula is C19H23N3S. The van der Waals surface area contributed by atoms with Gasteiger partial charge in [-0.05, 0) is 63.3 Å². The van der Waals surface area contributed by atoms with Crippen molar-refractivity contribution in [2.45, 2.75) is 46.0 Å². The Kier molecular flexibility index (Phi) is 3.74. The molecule has 120 valence electrons. The fraction of sp³-hybridized carbons (Fsp3) is 0.421. The molecule has 23 heavy (non-hydrogen) atoms. The van der Waals surface area contributed by atoms with E-state index in [0.29, 0.717) is 6.54 Å². The molecule has 0 unspecified atom stereocenters. The van der Waals surface area contributed by atoms with Crippen LogP contribution in [0.1, 0.15) is 40.2 Å². The average Bonchev–Trinajstić information content (AvgIpc) is 3.07. The van der Waals surface area contributed by atoms with E-state index >= 15 is 0 Å². The van der Waals surface area contributed by atoms with E-state index in [1.165, 1.54) is 58.6 Å². The van der Waals surface area contributed by atoms with Crippen molar-refractivity contribution in [3.05, 3.63) is 45.6 Å². The standard InChI is InChI=1S/C19H23N3S/c1-12-7-8-14(11-13(12)2)18-16(9-10-20)22-15-5-3-4-6-17(15)23-19(22)21-18/h7-8,11H,3-6,9-10,20H2,1-2H3. The molecule has 0 atom stereocenters. The summed E-state index contributed by atoms with van der Waals surface area (Å²) in [6, 6.07) is 6.65. The van der Waals surface area contributed by atoms with E-state index in [9.17, 15) is 0 Å². The molecule has 0 amide bonds. The van der Waals surface area contributed by atoms with Crippen molar-refractivity contribution in [3.8, 4) is 11.3 Å². The van der Waals surface area contributed by atoms with Crippen molar-refractivity contribution in [3.63, 3.8) is 0 Å². The molecule has 0 aliphatic heterocycles. The molecule has 1 aliphatic carbocycles. The predicted molar refractivity (Wildman–Crippen MR) is 97.4 cm³/mol. The van der Waals surface area contributed by atoms with Crippen molar-refractivity contribution in [1.29, 1.82) is 0 Å². The lowest BCUT2D eigenvalue weighted by atomic mass is 10.0. The minimum atomic E-state index is 0.663. The Labute approximate surface area is 141 Å². The van der Waals surface area contributed by atoms with E-state index in [2.05, 4.69) is 36.4 Å². The van der Waals surface area contributed by atoms with Crippen molar-refractivity contribution in [1.82, 2.24) is 9.38 Å². The van der Waals surface area contributed by atoms with Crippen LogP contribution in [0.2, 0.25) is 0 Å². The summed E-state index contributed by atoms with van der Waals surface area (Å²) in [5.41, 5.74) is 13.7. The number of rotatable bonds is 3. The minimum absolute atomic E-state index is 0.663. The number of hydrogen-bond acceptors (Lipinski definition) is 3. The summed E-state index contributed by atoms with van der Waals surface area (Å²) < 4.78 is 2.41. The van der Waals surface area contributed by atoms with Crippen LogP contribution in [0.25, 0.3) is 16.2 Å². The maximum absolute atomic E-state index is 5.92. The highest BCUT2D eigenvalue weighted by atomic mass is 32.1. The molecule has 0 saturated heterocycles. The van der Waals surface area contributed by atoms with E-state index < -0.39 is 0 Å². The summed E-state index contributed by atoms with van der Waals surface area (Å²) in [4.78, 5) is 7.68. The topological polar surface area (TPSA) is 43.3 Å². The van der Waals surface area contributed by atoms with Crippen LogP contribution < -0.4 is 5.73 Å². The molecule has 2 aromatic heterocycles. The van der Waals surface area contributed by atoms with Gasteiger partial charge in [-0.2, -0.15) is 0 Å². The van der Waals surface area contributed by atoms with E-state index in [-0.39, 0.29) is 0 Å². The lowest BCUT2D eigenvalue weighted by Crippen LogP contribution is -2.09. The van der Waals surface area contributed by atoms with Crippen molar-refractivity contribution in [2.75, 3.05) is 6.54 Å². The quantitative estimate of drug-likeness (QED) is 0.789. The van der Waals surface area contributed by atoms with E-state index in [0.717, 1.165) is 17.1 Å². The second-order valence-corrected chi connectivity index (χ2v) is 7.60. The molecule has 1 aliphatic rings. The molecule has 0 fully saturated rings. The molecule has 3 aromatic rings. The first kappa shape index (κ1) is 14.9. The van der Waals surface area contributed by atoms with Gasteiger partial charge in [-0.25, -0.2) is 4.98 Å². The van der Waals surface area contributed by atoms with Crippen LogP contribution in [-0.4, -0.2) is 15.9 Å². The van der Waals surface area contributed by atoms with Gasteiger partial charge in [0.25, 0.3) is 0 Å². The normalized spacial score (nSPS) is 14.4. The molecule has 2 heterocycles. The van der Waals surface area contributed by atoms with Gasteiger partial charge in [0.05, 0.1) is 11.4 Å². The van der Waals surface area contributed by atoms with Gasteiger partial charge >= 0.3 is 0 Å². The number of aromatic nitrogens is 2. The number of imidazole rings is 1. The Balaban J connectivity index is 1.94. The number of thiazole rings is 1. The Hall–Kier alpha value is -1.65. The molecule has 4 heteroatoms. The van der Waals surface area contributed by atoms with E-state index in [1.54, 1.807) is 0 Å². The van der Waals surface area contributed by atoms with Gasteiger partial charge in [0.1, 0.15) is 0 Å². The zero-order valence-electron chi connectivity index (χ0n) is 13.9. The molecule has 3 nitrogen and oxygen atoms in total. The van der Waals surface area contributed by atoms with Crippen molar-refractivity contribution in [2.24, 2.45) is 5.73 Å². The second-order valence-electron chi connectivity index (χ2n) is 6.54. The summed E-state index contributed by atoms with van der Waals surface area (Å²) >= 11 is 1.87. The molecular weight excluding hydrogens is 302 g/mol.